The summed E-state index contributed by atoms with van der Waals surface area (Å²) in [4.78, 5) is 4.70. The summed E-state index contributed by atoms with van der Waals surface area (Å²) in [6, 6.07) is 6.30. The molecule has 1 unspecified atom stereocenters. The number of rotatable bonds is 4. The Labute approximate surface area is 124 Å². The zero-order valence-electron chi connectivity index (χ0n) is 12.0. The van der Waals surface area contributed by atoms with E-state index >= 15 is 0 Å². The van der Waals surface area contributed by atoms with Crippen molar-refractivity contribution in [2.75, 3.05) is 11.9 Å². The second-order valence-electron chi connectivity index (χ2n) is 5.12. The first kappa shape index (κ1) is 13.4. The van der Waals surface area contributed by atoms with Crippen LogP contribution in [0.2, 0.25) is 0 Å². The number of anilines is 1. The minimum Gasteiger partial charge on any atom is -0.486 e. The van der Waals surface area contributed by atoms with Gasteiger partial charge in [0, 0.05) is 10.9 Å². The van der Waals surface area contributed by atoms with Crippen molar-refractivity contribution in [3.8, 4) is 17.0 Å². The molecule has 0 bridgehead atoms. The maximum atomic E-state index is 5.94. The van der Waals surface area contributed by atoms with Gasteiger partial charge in [0.15, 0.2) is 0 Å². The maximum absolute atomic E-state index is 5.94. The topological polar surface area (TPSA) is 34.2 Å². The van der Waals surface area contributed by atoms with E-state index < -0.39 is 0 Å². The number of hydrogen-bond donors (Lipinski definition) is 1. The van der Waals surface area contributed by atoms with Crippen LogP contribution in [0.25, 0.3) is 11.3 Å². The summed E-state index contributed by atoms with van der Waals surface area (Å²) in [7, 11) is 0. The van der Waals surface area contributed by atoms with Gasteiger partial charge in [-0.3, -0.25) is 0 Å². The lowest BCUT2D eigenvalue weighted by atomic mass is 10.1. The smallest absolute Gasteiger partial charge is 0.142 e. The van der Waals surface area contributed by atoms with E-state index in [9.17, 15) is 0 Å². The molecule has 0 fully saturated rings. The molecule has 2 heterocycles. The average molecular weight is 288 g/mol. The van der Waals surface area contributed by atoms with E-state index in [1.165, 1.54) is 5.01 Å². The van der Waals surface area contributed by atoms with Crippen LogP contribution in [-0.2, 0) is 6.42 Å². The number of thiazole rings is 1. The Morgan fingerprint density at radius 3 is 3.10 bits per heavy atom. The van der Waals surface area contributed by atoms with Crippen LogP contribution in [0.3, 0.4) is 0 Å². The van der Waals surface area contributed by atoms with Gasteiger partial charge in [-0.05, 0) is 37.5 Å². The van der Waals surface area contributed by atoms with Crippen LogP contribution in [0.5, 0.6) is 5.75 Å². The van der Waals surface area contributed by atoms with E-state index in [4.69, 9.17) is 9.72 Å². The lowest BCUT2D eigenvalue weighted by Gasteiger charge is -2.26. The maximum Gasteiger partial charge on any atom is 0.142 e. The Balaban J connectivity index is 1.84. The summed E-state index contributed by atoms with van der Waals surface area (Å²) in [5, 5.41) is 6.82. The summed E-state index contributed by atoms with van der Waals surface area (Å²) < 4.78 is 5.94. The standard InChI is InChI=1S/C16H20N2OS/c1-3-5-16-18-14(10-20-16)11-6-7-15-13(8-11)17-9-12(4-2)19-15/h6-8,10,12,17H,3-5,9H2,1-2H3. The summed E-state index contributed by atoms with van der Waals surface area (Å²) in [5.41, 5.74) is 3.31. The van der Waals surface area contributed by atoms with Gasteiger partial charge in [-0.1, -0.05) is 13.8 Å². The normalized spacial score (nSPS) is 17.2. The fourth-order valence-electron chi connectivity index (χ4n) is 2.38. The lowest BCUT2D eigenvalue weighted by molar-refractivity contribution is 0.202. The quantitative estimate of drug-likeness (QED) is 0.908. The molecule has 3 rings (SSSR count). The molecule has 0 radical (unpaired) electrons. The predicted molar refractivity (Wildman–Crippen MR) is 84.7 cm³/mol. The Morgan fingerprint density at radius 1 is 1.40 bits per heavy atom. The van der Waals surface area contributed by atoms with Crippen molar-refractivity contribution < 1.29 is 4.74 Å². The molecule has 1 aromatic heterocycles. The zero-order chi connectivity index (χ0) is 13.9. The summed E-state index contributed by atoms with van der Waals surface area (Å²) in [6.45, 7) is 5.22. The molecule has 1 aliphatic heterocycles. The number of benzene rings is 1. The van der Waals surface area contributed by atoms with Gasteiger partial charge in [0.05, 0.1) is 22.9 Å². The molecular formula is C16H20N2OS. The minimum absolute atomic E-state index is 0.281. The first-order valence-corrected chi connectivity index (χ1v) is 8.17. The van der Waals surface area contributed by atoms with Crippen LogP contribution >= 0.6 is 11.3 Å². The summed E-state index contributed by atoms with van der Waals surface area (Å²) >= 11 is 1.75. The Hall–Kier alpha value is -1.55. The third-order valence-electron chi connectivity index (χ3n) is 3.56. The zero-order valence-corrected chi connectivity index (χ0v) is 12.8. The first-order valence-electron chi connectivity index (χ1n) is 7.29. The van der Waals surface area contributed by atoms with E-state index in [-0.39, 0.29) is 6.10 Å². The molecule has 0 spiro atoms. The largest absolute Gasteiger partial charge is 0.486 e. The second kappa shape index (κ2) is 5.83. The van der Waals surface area contributed by atoms with Gasteiger partial charge in [-0.15, -0.1) is 11.3 Å². The van der Waals surface area contributed by atoms with Crippen molar-refractivity contribution in [3.63, 3.8) is 0 Å². The molecule has 4 heteroatoms. The van der Waals surface area contributed by atoms with Crippen LogP contribution in [0, 0.1) is 0 Å². The lowest BCUT2D eigenvalue weighted by Crippen LogP contribution is -2.29. The Morgan fingerprint density at radius 2 is 2.30 bits per heavy atom. The van der Waals surface area contributed by atoms with E-state index in [0.29, 0.717) is 0 Å². The molecule has 1 N–H and O–H groups in total. The van der Waals surface area contributed by atoms with Crippen LogP contribution in [0.4, 0.5) is 5.69 Å². The molecule has 1 atom stereocenters. The van der Waals surface area contributed by atoms with Crippen LogP contribution < -0.4 is 10.1 Å². The molecule has 106 valence electrons. The highest BCUT2D eigenvalue weighted by molar-refractivity contribution is 7.09. The van der Waals surface area contributed by atoms with Gasteiger partial charge in [0.1, 0.15) is 11.9 Å². The number of aryl methyl sites for hydroxylation is 1. The third-order valence-corrected chi connectivity index (χ3v) is 4.47. The van der Waals surface area contributed by atoms with Gasteiger partial charge >= 0.3 is 0 Å². The molecule has 0 saturated heterocycles. The van der Waals surface area contributed by atoms with Gasteiger partial charge in [-0.25, -0.2) is 4.98 Å². The number of nitrogens with one attached hydrogen (secondary N) is 1. The number of nitrogens with zero attached hydrogens (tertiary/aromatic N) is 1. The highest BCUT2D eigenvalue weighted by Crippen LogP contribution is 2.34. The van der Waals surface area contributed by atoms with Crippen molar-refractivity contribution in [3.05, 3.63) is 28.6 Å². The monoisotopic (exact) mass is 288 g/mol. The predicted octanol–water partition coefficient (Wildman–Crippen LogP) is 4.35. The minimum atomic E-state index is 0.281. The molecule has 2 aromatic rings. The average Bonchev–Trinajstić information content (AvgIpc) is 2.95. The highest BCUT2D eigenvalue weighted by Gasteiger charge is 2.18. The summed E-state index contributed by atoms with van der Waals surface area (Å²) in [6.07, 6.45) is 3.52. The highest BCUT2D eigenvalue weighted by atomic mass is 32.1. The van der Waals surface area contributed by atoms with Crippen molar-refractivity contribution in [1.82, 2.24) is 4.98 Å². The SMILES string of the molecule is CCCc1nc(-c2ccc3c(c2)NCC(CC)O3)cs1. The second-order valence-corrected chi connectivity index (χ2v) is 6.06. The van der Waals surface area contributed by atoms with E-state index in [0.717, 1.165) is 48.5 Å². The van der Waals surface area contributed by atoms with E-state index in [1.807, 2.05) is 0 Å². The number of aromatic nitrogens is 1. The van der Waals surface area contributed by atoms with Gasteiger partial charge in [-0.2, -0.15) is 0 Å². The van der Waals surface area contributed by atoms with Crippen molar-refractivity contribution in [2.45, 2.75) is 39.2 Å². The fraction of sp³-hybridized carbons (Fsp3) is 0.438. The Kier molecular flexibility index (Phi) is 3.92. The number of hydrogen-bond acceptors (Lipinski definition) is 4. The molecule has 1 aliphatic rings. The third kappa shape index (κ3) is 2.66. The molecule has 0 saturated carbocycles. The Bertz CT molecular complexity index is 594. The number of ether oxygens (including phenoxy) is 1. The number of fused-ring (bicyclic) bond motifs is 1. The summed E-state index contributed by atoms with van der Waals surface area (Å²) in [5.74, 6) is 0.955. The first-order chi connectivity index (χ1) is 9.80. The molecule has 0 amide bonds. The van der Waals surface area contributed by atoms with Gasteiger partial charge in [0.25, 0.3) is 0 Å². The van der Waals surface area contributed by atoms with Gasteiger partial charge in [0.2, 0.25) is 0 Å². The fourth-order valence-corrected chi connectivity index (χ4v) is 3.28. The van der Waals surface area contributed by atoms with Crippen molar-refractivity contribution in [2.24, 2.45) is 0 Å². The van der Waals surface area contributed by atoms with E-state index in [2.05, 4.69) is 42.7 Å². The van der Waals surface area contributed by atoms with Crippen LogP contribution in [0.1, 0.15) is 31.7 Å². The molecule has 1 aromatic carbocycles. The molecule has 0 aliphatic carbocycles. The van der Waals surface area contributed by atoms with Crippen molar-refractivity contribution >= 4 is 17.0 Å². The van der Waals surface area contributed by atoms with Crippen LogP contribution in [0.15, 0.2) is 23.6 Å². The molecule has 3 nitrogen and oxygen atoms in total. The van der Waals surface area contributed by atoms with Crippen LogP contribution in [-0.4, -0.2) is 17.6 Å². The van der Waals surface area contributed by atoms with Crippen molar-refractivity contribution in [1.29, 1.82) is 0 Å². The molecule has 20 heavy (non-hydrogen) atoms. The van der Waals surface area contributed by atoms with Gasteiger partial charge < -0.3 is 10.1 Å². The molecular weight excluding hydrogens is 268 g/mol. The van der Waals surface area contributed by atoms with E-state index in [1.54, 1.807) is 11.3 Å².